The van der Waals surface area contributed by atoms with E-state index in [0.29, 0.717) is 5.41 Å². The fourth-order valence-corrected chi connectivity index (χ4v) is 4.29. The molecule has 1 saturated carbocycles. The van der Waals surface area contributed by atoms with Crippen molar-refractivity contribution in [2.45, 2.75) is 71.6 Å². The smallest absolute Gasteiger partial charge is 0.310 e. The molecule has 1 aliphatic heterocycles. The number of carboxylic acid groups (broad SMARTS) is 1. The van der Waals surface area contributed by atoms with Gasteiger partial charge in [-0.1, -0.05) is 32.6 Å². The van der Waals surface area contributed by atoms with Crippen molar-refractivity contribution in [3.63, 3.8) is 0 Å². The van der Waals surface area contributed by atoms with E-state index >= 15 is 0 Å². The van der Waals surface area contributed by atoms with Crippen LogP contribution in [0.4, 0.5) is 0 Å². The van der Waals surface area contributed by atoms with E-state index in [1.165, 1.54) is 44.9 Å². The predicted molar refractivity (Wildman–Crippen MR) is 81.8 cm³/mol. The third-order valence-electron chi connectivity index (χ3n) is 5.72. The Balaban J connectivity index is 1.88. The van der Waals surface area contributed by atoms with Gasteiger partial charge in [0.25, 0.3) is 0 Å². The van der Waals surface area contributed by atoms with Crippen molar-refractivity contribution < 1.29 is 9.90 Å². The number of likely N-dealkylation sites (tertiary alicyclic amines) is 1. The van der Waals surface area contributed by atoms with Gasteiger partial charge in [0.2, 0.25) is 0 Å². The van der Waals surface area contributed by atoms with E-state index in [2.05, 4.69) is 11.8 Å². The molecular formula is C17H31NO2. The lowest BCUT2D eigenvalue weighted by Crippen LogP contribution is -2.47. The molecule has 2 rings (SSSR count). The summed E-state index contributed by atoms with van der Waals surface area (Å²) in [5.74, 6) is -0.627. The number of aliphatic carboxylic acids is 1. The molecule has 1 saturated heterocycles. The fraction of sp³-hybridized carbons (Fsp3) is 0.941. The summed E-state index contributed by atoms with van der Waals surface area (Å²) in [5.41, 5.74) is 0.0466. The van der Waals surface area contributed by atoms with Gasteiger partial charge in [-0.25, -0.2) is 0 Å². The van der Waals surface area contributed by atoms with Gasteiger partial charge in [-0.05, 0) is 57.5 Å². The molecule has 3 nitrogen and oxygen atoms in total. The van der Waals surface area contributed by atoms with E-state index in [9.17, 15) is 9.90 Å². The van der Waals surface area contributed by atoms with Crippen molar-refractivity contribution >= 4 is 5.97 Å². The molecule has 3 heteroatoms. The van der Waals surface area contributed by atoms with Crippen LogP contribution in [-0.2, 0) is 4.79 Å². The van der Waals surface area contributed by atoms with Crippen LogP contribution in [0.5, 0.6) is 0 Å². The Labute approximate surface area is 123 Å². The van der Waals surface area contributed by atoms with Crippen LogP contribution >= 0.6 is 0 Å². The Morgan fingerprint density at radius 2 is 1.75 bits per heavy atom. The van der Waals surface area contributed by atoms with Gasteiger partial charge >= 0.3 is 5.97 Å². The number of piperidine rings is 1. The summed E-state index contributed by atoms with van der Waals surface area (Å²) < 4.78 is 0. The monoisotopic (exact) mass is 281 g/mol. The van der Waals surface area contributed by atoms with E-state index < -0.39 is 11.4 Å². The quantitative estimate of drug-likeness (QED) is 0.830. The number of carboxylic acids is 1. The number of rotatable bonds is 5. The normalized spacial score (nSPS) is 26.3. The van der Waals surface area contributed by atoms with Crippen molar-refractivity contribution in [1.29, 1.82) is 0 Å². The lowest BCUT2D eigenvalue weighted by atomic mass is 9.68. The highest BCUT2D eigenvalue weighted by Gasteiger charge is 2.39. The second-order valence-corrected chi connectivity index (χ2v) is 7.45. The molecule has 1 unspecified atom stereocenters. The largest absolute Gasteiger partial charge is 0.481 e. The van der Waals surface area contributed by atoms with Crippen molar-refractivity contribution in [2.75, 3.05) is 19.6 Å². The van der Waals surface area contributed by atoms with Crippen LogP contribution < -0.4 is 0 Å². The average Bonchev–Trinajstić information content (AvgIpc) is 2.43. The summed E-state index contributed by atoms with van der Waals surface area (Å²) in [6, 6.07) is 0. The SMILES string of the molecule is CCCC(C)(CN1CCC2(CCCCC2)CC1)C(=O)O. The van der Waals surface area contributed by atoms with Gasteiger partial charge in [-0.15, -0.1) is 0 Å². The van der Waals surface area contributed by atoms with Crippen LogP contribution in [0, 0.1) is 10.8 Å². The minimum absolute atomic E-state index is 0.564. The third-order valence-corrected chi connectivity index (χ3v) is 5.72. The highest BCUT2D eigenvalue weighted by molar-refractivity contribution is 5.74. The highest BCUT2D eigenvalue weighted by atomic mass is 16.4. The highest BCUT2D eigenvalue weighted by Crippen LogP contribution is 2.44. The molecule has 1 N–H and O–H groups in total. The third kappa shape index (κ3) is 3.55. The Morgan fingerprint density at radius 1 is 1.15 bits per heavy atom. The topological polar surface area (TPSA) is 40.5 Å². The molecule has 0 aromatic rings. The molecule has 1 spiro atoms. The molecule has 0 aromatic heterocycles. The Morgan fingerprint density at radius 3 is 2.25 bits per heavy atom. The van der Waals surface area contributed by atoms with Gasteiger partial charge in [0.1, 0.15) is 0 Å². The number of carbonyl (C=O) groups is 1. The van der Waals surface area contributed by atoms with Crippen molar-refractivity contribution in [3.8, 4) is 0 Å². The number of hydrogen-bond acceptors (Lipinski definition) is 2. The van der Waals surface area contributed by atoms with E-state index in [1.54, 1.807) is 0 Å². The number of nitrogens with zero attached hydrogens (tertiary/aromatic N) is 1. The zero-order valence-corrected chi connectivity index (χ0v) is 13.3. The van der Waals surface area contributed by atoms with Crippen LogP contribution in [0.1, 0.15) is 71.6 Å². The van der Waals surface area contributed by atoms with Crippen LogP contribution in [0.15, 0.2) is 0 Å². The second kappa shape index (κ2) is 6.46. The molecule has 0 aromatic carbocycles. The van der Waals surface area contributed by atoms with Gasteiger partial charge in [0.05, 0.1) is 5.41 Å². The summed E-state index contributed by atoms with van der Waals surface area (Å²) in [6.07, 6.45) is 11.3. The first-order valence-corrected chi connectivity index (χ1v) is 8.45. The Kier molecular flexibility index (Phi) is 5.11. The van der Waals surface area contributed by atoms with E-state index in [4.69, 9.17) is 0 Å². The standard InChI is InChI=1S/C17H31NO2/c1-3-7-16(2,15(19)20)14-18-12-10-17(11-13-18)8-5-4-6-9-17/h3-14H2,1-2H3,(H,19,20). The first kappa shape index (κ1) is 15.8. The van der Waals surface area contributed by atoms with Gasteiger partial charge in [0, 0.05) is 6.54 Å². The Bertz CT molecular complexity index is 326. The molecule has 0 bridgehead atoms. The van der Waals surface area contributed by atoms with Crippen LogP contribution in [0.25, 0.3) is 0 Å². The Hall–Kier alpha value is -0.570. The number of hydrogen-bond donors (Lipinski definition) is 1. The maximum atomic E-state index is 11.6. The molecule has 0 amide bonds. The average molecular weight is 281 g/mol. The van der Waals surface area contributed by atoms with Gasteiger partial charge in [0.15, 0.2) is 0 Å². The van der Waals surface area contributed by atoms with Crippen LogP contribution in [-0.4, -0.2) is 35.6 Å². The first-order chi connectivity index (χ1) is 9.50. The molecule has 1 atom stereocenters. The summed E-state index contributed by atoms with van der Waals surface area (Å²) in [5, 5.41) is 9.51. The lowest BCUT2D eigenvalue weighted by Gasteiger charge is -2.45. The molecule has 20 heavy (non-hydrogen) atoms. The van der Waals surface area contributed by atoms with Crippen molar-refractivity contribution in [2.24, 2.45) is 10.8 Å². The molecule has 0 radical (unpaired) electrons. The van der Waals surface area contributed by atoms with E-state index in [0.717, 1.165) is 32.5 Å². The first-order valence-electron chi connectivity index (χ1n) is 8.45. The maximum Gasteiger partial charge on any atom is 0.310 e. The van der Waals surface area contributed by atoms with Crippen molar-refractivity contribution in [1.82, 2.24) is 4.90 Å². The van der Waals surface area contributed by atoms with E-state index in [-0.39, 0.29) is 0 Å². The lowest BCUT2D eigenvalue weighted by molar-refractivity contribution is -0.150. The molecule has 2 aliphatic rings. The zero-order chi connectivity index (χ0) is 14.6. The maximum absolute atomic E-state index is 11.6. The minimum atomic E-state index is -0.627. The van der Waals surface area contributed by atoms with Gasteiger partial charge in [-0.3, -0.25) is 4.79 Å². The van der Waals surface area contributed by atoms with E-state index in [1.807, 2.05) is 6.92 Å². The fourth-order valence-electron chi connectivity index (χ4n) is 4.29. The molecular weight excluding hydrogens is 250 g/mol. The molecule has 2 fully saturated rings. The molecule has 116 valence electrons. The summed E-state index contributed by atoms with van der Waals surface area (Å²) >= 11 is 0. The second-order valence-electron chi connectivity index (χ2n) is 7.45. The van der Waals surface area contributed by atoms with Crippen molar-refractivity contribution in [3.05, 3.63) is 0 Å². The summed E-state index contributed by atoms with van der Waals surface area (Å²) in [7, 11) is 0. The van der Waals surface area contributed by atoms with Gasteiger partial charge < -0.3 is 10.0 Å². The van der Waals surface area contributed by atoms with Crippen LogP contribution in [0.2, 0.25) is 0 Å². The molecule has 1 heterocycles. The summed E-state index contributed by atoms with van der Waals surface area (Å²) in [6.45, 7) is 6.93. The van der Waals surface area contributed by atoms with Gasteiger partial charge in [-0.2, -0.15) is 0 Å². The predicted octanol–water partition coefficient (Wildman–Crippen LogP) is 3.92. The summed E-state index contributed by atoms with van der Waals surface area (Å²) in [4.78, 5) is 14.0. The zero-order valence-electron chi connectivity index (χ0n) is 13.3. The molecule has 1 aliphatic carbocycles. The van der Waals surface area contributed by atoms with Crippen LogP contribution in [0.3, 0.4) is 0 Å². The minimum Gasteiger partial charge on any atom is -0.481 e.